The molecule has 0 spiro atoms. The molecule has 0 radical (unpaired) electrons. The number of hydrogen-bond acceptors (Lipinski definition) is 4. The summed E-state index contributed by atoms with van der Waals surface area (Å²) in [5.74, 6) is 0.0441. The van der Waals surface area contributed by atoms with E-state index in [1.807, 2.05) is 67.6 Å². The van der Waals surface area contributed by atoms with Crippen LogP contribution in [0.4, 0.5) is 5.69 Å². The monoisotopic (exact) mass is 415 g/mol. The molecule has 1 heterocycles. The zero-order valence-corrected chi connectivity index (χ0v) is 17.9. The number of carbonyl (C=O) groups is 2. The zero-order valence-electron chi connectivity index (χ0n) is 17.9. The van der Waals surface area contributed by atoms with Crippen molar-refractivity contribution in [2.75, 3.05) is 12.0 Å². The maximum absolute atomic E-state index is 12.9. The number of nitrogens with zero attached hydrogens (tertiary/aromatic N) is 1. The average molecular weight is 415 g/mol. The quantitative estimate of drug-likeness (QED) is 0.445. The Morgan fingerprint density at radius 2 is 1.81 bits per heavy atom. The first kappa shape index (κ1) is 20.7. The summed E-state index contributed by atoms with van der Waals surface area (Å²) in [6.07, 6.45) is 2.98. The molecule has 0 aliphatic carbocycles. The minimum Gasteiger partial charge on any atom is -0.497 e. The molecule has 0 unspecified atom stereocenters. The second-order valence-corrected chi connectivity index (χ2v) is 7.78. The molecule has 1 amide bonds. The number of carbonyl (C=O) groups excluding carboxylic acids is 2. The first-order valence-corrected chi connectivity index (χ1v) is 10.3. The summed E-state index contributed by atoms with van der Waals surface area (Å²) < 4.78 is 10.6. The summed E-state index contributed by atoms with van der Waals surface area (Å²) in [5.41, 5.74) is 2.90. The molecule has 3 aromatic carbocycles. The van der Waals surface area contributed by atoms with Crippen LogP contribution >= 0.6 is 0 Å². The van der Waals surface area contributed by atoms with Crippen LogP contribution in [-0.2, 0) is 20.7 Å². The van der Waals surface area contributed by atoms with E-state index in [9.17, 15) is 9.59 Å². The van der Waals surface area contributed by atoms with E-state index in [0.29, 0.717) is 0 Å². The molecule has 1 aliphatic rings. The molecule has 0 fully saturated rings. The molecule has 0 saturated carbocycles. The first-order chi connectivity index (χ1) is 15.0. The summed E-state index contributed by atoms with van der Waals surface area (Å²) >= 11 is 0. The Bertz CT molecular complexity index is 1170. The van der Waals surface area contributed by atoms with E-state index in [4.69, 9.17) is 9.47 Å². The molecule has 5 heteroatoms. The van der Waals surface area contributed by atoms with E-state index < -0.39 is 12.1 Å². The number of benzene rings is 3. The number of methoxy groups -OCH3 is 1. The van der Waals surface area contributed by atoms with Crippen LogP contribution in [0.1, 0.15) is 25.0 Å². The van der Waals surface area contributed by atoms with E-state index in [-0.39, 0.29) is 11.9 Å². The van der Waals surface area contributed by atoms with Crippen molar-refractivity contribution in [2.45, 2.75) is 32.4 Å². The number of ether oxygens (including phenoxy) is 2. The summed E-state index contributed by atoms with van der Waals surface area (Å²) in [6, 6.07) is 19.6. The molecule has 0 saturated heterocycles. The molecule has 0 aromatic heterocycles. The standard InChI is InChI=1S/C26H25NO4/c1-17-14-22-6-4-5-7-24(22)27(17)26(29)18(2)31-25(28)13-9-19-8-10-21-16-23(30-3)12-11-20(21)15-19/h4-13,15-18H,14H2,1-3H3/b13-9+/t17-,18+/m0/s1. The number of amides is 1. The van der Waals surface area contributed by atoms with Gasteiger partial charge in [-0.3, -0.25) is 4.79 Å². The highest BCUT2D eigenvalue weighted by molar-refractivity contribution is 6.00. The molecule has 0 bridgehead atoms. The Labute approximate surface area is 181 Å². The molecule has 4 rings (SSSR count). The third-order valence-electron chi connectivity index (χ3n) is 5.57. The Hall–Kier alpha value is -3.60. The van der Waals surface area contributed by atoms with Gasteiger partial charge < -0.3 is 14.4 Å². The van der Waals surface area contributed by atoms with Gasteiger partial charge in [-0.05, 0) is 72.5 Å². The summed E-state index contributed by atoms with van der Waals surface area (Å²) in [5, 5.41) is 2.10. The highest BCUT2D eigenvalue weighted by atomic mass is 16.5. The third kappa shape index (κ3) is 4.31. The number of para-hydroxylation sites is 1. The lowest BCUT2D eigenvalue weighted by Gasteiger charge is -2.25. The molecule has 158 valence electrons. The molecule has 1 aliphatic heterocycles. The predicted molar refractivity (Wildman–Crippen MR) is 122 cm³/mol. The van der Waals surface area contributed by atoms with Gasteiger partial charge in [-0.15, -0.1) is 0 Å². The Morgan fingerprint density at radius 3 is 2.61 bits per heavy atom. The fraction of sp³-hybridized carbons (Fsp3) is 0.231. The molecular weight excluding hydrogens is 390 g/mol. The maximum Gasteiger partial charge on any atom is 0.331 e. The lowest BCUT2D eigenvalue weighted by Crippen LogP contribution is -2.43. The summed E-state index contributed by atoms with van der Waals surface area (Å²) in [4.78, 5) is 27.0. The van der Waals surface area contributed by atoms with Crippen LogP contribution in [0.3, 0.4) is 0 Å². The minimum absolute atomic E-state index is 0.0396. The van der Waals surface area contributed by atoms with Gasteiger partial charge in [0.25, 0.3) is 5.91 Å². The van der Waals surface area contributed by atoms with E-state index in [2.05, 4.69) is 0 Å². The SMILES string of the molecule is COc1ccc2cc(/C=C/C(=O)O[C@H](C)C(=O)N3c4ccccc4C[C@@H]3C)ccc2c1. The molecule has 31 heavy (non-hydrogen) atoms. The minimum atomic E-state index is -0.866. The molecular formula is C26H25NO4. The van der Waals surface area contributed by atoms with E-state index in [1.54, 1.807) is 25.0 Å². The van der Waals surface area contributed by atoms with Crippen molar-refractivity contribution >= 4 is 34.4 Å². The molecule has 3 aromatic rings. The van der Waals surface area contributed by atoms with Gasteiger partial charge >= 0.3 is 5.97 Å². The van der Waals surface area contributed by atoms with Crippen molar-refractivity contribution in [3.8, 4) is 5.75 Å². The normalized spacial score (nSPS) is 16.4. The Morgan fingerprint density at radius 1 is 1.06 bits per heavy atom. The number of esters is 1. The van der Waals surface area contributed by atoms with Gasteiger partial charge in [-0.2, -0.15) is 0 Å². The highest BCUT2D eigenvalue weighted by Crippen LogP contribution is 2.32. The fourth-order valence-corrected chi connectivity index (χ4v) is 4.00. The summed E-state index contributed by atoms with van der Waals surface area (Å²) in [7, 11) is 1.64. The van der Waals surface area contributed by atoms with Crippen LogP contribution < -0.4 is 9.64 Å². The third-order valence-corrected chi connectivity index (χ3v) is 5.57. The van der Waals surface area contributed by atoms with Crippen LogP contribution in [0.25, 0.3) is 16.8 Å². The van der Waals surface area contributed by atoms with Gasteiger partial charge in [0.15, 0.2) is 6.10 Å². The van der Waals surface area contributed by atoms with Gasteiger partial charge in [-0.1, -0.05) is 36.4 Å². The predicted octanol–water partition coefficient (Wildman–Crippen LogP) is 4.77. The van der Waals surface area contributed by atoms with Crippen molar-refractivity contribution in [3.05, 3.63) is 77.9 Å². The van der Waals surface area contributed by atoms with Crippen LogP contribution in [0, 0.1) is 0 Å². The Kier molecular flexibility index (Phi) is 5.76. The van der Waals surface area contributed by atoms with Crippen LogP contribution in [0.5, 0.6) is 5.75 Å². The fourth-order valence-electron chi connectivity index (χ4n) is 4.00. The molecule has 5 nitrogen and oxygen atoms in total. The smallest absolute Gasteiger partial charge is 0.331 e. The number of fused-ring (bicyclic) bond motifs is 2. The average Bonchev–Trinajstić information content (AvgIpc) is 3.12. The topological polar surface area (TPSA) is 55.8 Å². The van der Waals surface area contributed by atoms with E-state index >= 15 is 0 Å². The second-order valence-electron chi connectivity index (χ2n) is 7.78. The van der Waals surface area contributed by atoms with Crippen LogP contribution in [0.15, 0.2) is 66.7 Å². The van der Waals surface area contributed by atoms with Crippen molar-refractivity contribution in [2.24, 2.45) is 0 Å². The Balaban J connectivity index is 1.42. The highest BCUT2D eigenvalue weighted by Gasteiger charge is 2.34. The number of anilines is 1. The molecule has 2 atom stereocenters. The van der Waals surface area contributed by atoms with Gasteiger partial charge in [-0.25, -0.2) is 4.79 Å². The lowest BCUT2D eigenvalue weighted by atomic mass is 10.1. The maximum atomic E-state index is 12.9. The van der Waals surface area contributed by atoms with Crippen molar-refractivity contribution in [1.82, 2.24) is 0 Å². The largest absolute Gasteiger partial charge is 0.497 e. The summed E-state index contributed by atoms with van der Waals surface area (Å²) in [6.45, 7) is 3.62. The first-order valence-electron chi connectivity index (χ1n) is 10.3. The van der Waals surface area contributed by atoms with Crippen LogP contribution in [-0.4, -0.2) is 31.1 Å². The zero-order chi connectivity index (χ0) is 22.0. The lowest BCUT2D eigenvalue weighted by molar-refractivity contribution is -0.149. The second kappa shape index (κ2) is 8.64. The number of hydrogen-bond donors (Lipinski definition) is 0. The molecule has 0 N–H and O–H groups in total. The van der Waals surface area contributed by atoms with Gasteiger partial charge in [0.05, 0.1) is 7.11 Å². The van der Waals surface area contributed by atoms with Gasteiger partial charge in [0.1, 0.15) is 5.75 Å². The van der Waals surface area contributed by atoms with Crippen LogP contribution in [0.2, 0.25) is 0 Å². The van der Waals surface area contributed by atoms with Crippen molar-refractivity contribution in [1.29, 1.82) is 0 Å². The van der Waals surface area contributed by atoms with Crippen molar-refractivity contribution < 1.29 is 19.1 Å². The van der Waals surface area contributed by atoms with E-state index in [1.165, 1.54) is 6.08 Å². The van der Waals surface area contributed by atoms with Gasteiger partial charge in [0, 0.05) is 17.8 Å². The van der Waals surface area contributed by atoms with Gasteiger partial charge in [0.2, 0.25) is 0 Å². The number of rotatable bonds is 5. The van der Waals surface area contributed by atoms with E-state index in [0.717, 1.165) is 39.8 Å². The van der Waals surface area contributed by atoms with Crippen molar-refractivity contribution in [3.63, 3.8) is 0 Å².